The van der Waals surface area contributed by atoms with Gasteiger partial charge in [0.25, 0.3) is 0 Å². The van der Waals surface area contributed by atoms with Crippen LogP contribution in [0.5, 0.6) is 0 Å². The molecular weight excluding hydrogens is 242 g/mol. The van der Waals surface area contributed by atoms with E-state index in [1.807, 2.05) is 17.5 Å². The maximum absolute atomic E-state index is 11.8. The molecule has 0 bridgehead atoms. The Morgan fingerprint density at radius 2 is 2.11 bits per heavy atom. The largest absolute Gasteiger partial charge is 0.356 e. The number of hydrogen-bond donors (Lipinski definition) is 1. The molecule has 1 aromatic heterocycles. The molecule has 2 saturated carbocycles. The van der Waals surface area contributed by atoms with Gasteiger partial charge < -0.3 is 5.32 Å². The molecule has 2 aliphatic carbocycles. The van der Waals surface area contributed by atoms with Crippen LogP contribution in [0, 0.1) is 11.3 Å². The molecule has 1 aromatic rings. The summed E-state index contributed by atoms with van der Waals surface area (Å²) in [6.07, 6.45) is 8.92. The van der Waals surface area contributed by atoms with Gasteiger partial charge in [0.05, 0.1) is 6.42 Å². The lowest BCUT2D eigenvalue weighted by Crippen LogP contribution is -2.32. The van der Waals surface area contributed by atoms with Crippen molar-refractivity contribution in [1.29, 1.82) is 0 Å². The van der Waals surface area contributed by atoms with Gasteiger partial charge in [-0.2, -0.15) is 0 Å². The predicted molar refractivity (Wildman–Crippen MR) is 74.7 cm³/mol. The third-order valence-corrected chi connectivity index (χ3v) is 5.50. The summed E-state index contributed by atoms with van der Waals surface area (Å²) in [5, 5.41) is 5.13. The van der Waals surface area contributed by atoms with Crippen molar-refractivity contribution in [3.8, 4) is 0 Å². The number of hydrogen-bond acceptors (Lipinski definition) is 2. The highest BCUT2D eigenvalue weighted by Gasteiger charge is 2.44. The SMILES string of the molecule is O=C(Cc1cccs1)NCC1CCC2(CC1)CC2. The highest BCUT2D eigenvalue weighted by atomic mass is 32.1. The molecule has 1 N–H and O–H groups in total. The van der Waals surface area contributed by atoms with Crippen LogP contribution in [0.25, 0.3) is 0 Å². The van der Waals surface area contributed by atoms with Crippen LogP contribution in [-0.4, -0.2) is 12.5 Å². The van der Waals surface area contributed by atoms with Gasteiger partial charge in [-0.15, -0.1) is 11.3 Å². The molecule has 0 aromatic carbocycles. The second kappa shape index (κ2) is 5.04. The van der Waals surface area contributed by atoms with Gasteiger partial charge in [-0.1, -0.05) is 6.07 Å². The topological polar surface area (TPSA) is 29.1 Å². The van der Waals surface area contributed by atoms with Gasteiger partial charge in [-0.3, -0.25) is 4.79 Å². The Hall–Kier alpha value is -0.830. The van der Waals surface area contributed by atoms with E-state index in [1.165, 1.54) is 38.5 Å². The minimum absolute atomic E-state index is 0.184. The number of nitrogens with one attached hydrogen (secondary N) is 1. The molecule has 1 spiro atoms. The summed E-state index contributed by atoms with van der Waals surface area (Å²) >= 11 is 1.66. The highest BCUT2D eigenvalue weighted by molar-refractivity contribution is 7.10. The normalized spacial score (nSPS) is 22.0. The fourth-order valence-electron chi connectivity index (χ4n) is 3.06. The molecule has 2 fully saturated rings. The fraction of sp³-hybridized carbons (Fsp3) is 0.667. The maximum Gasteiger partial charge on any atom is 0.225 e. The molecule has 2 nitrogen and oxygen atoms in total. The van der Waals surface area contributed by atoms with Crippen LogP contribution < -0.4 is 5.32 Å². The summed E-state index contributed by atoms with van der Waals surface area (Å²) in [6.45, 7) is 0.889. The van der Waals surface area contributed by atoms with Gasteiger partial charge in [0, 0.05) is 11.4 Å². The minimum Gasteiger partial charge on any atom is -0.356 e. The Labute approximate surface area is 113 Å². The zero-order valence-corrected chi connectivity index (χ0v) is 11.6. The van der Waals surface area contributed by atoms with E-state index in [-0.39, 0.29) is 5.91 Å². The second-order valence-electron chi connectivity index (χ2n) is 6.00. The number of rotatable bonds is 4. The Balaban J connectivity index is 1.37. The van der Waals surface area contributed by atoms with Crippen molar-refractivity contribution in [3.05, 3.63) is 22.4 Å². The molecule has 98 valence electrons. The van der Waals surface area contributed by atoms with E-state index >= 15 is 0 Å². The van der Waals surface area contributed by atoms with Gasteiger partial charge in [0.15, 0.2) is 0 Å². The van der Waals surface area contributed by atoms with Crippen molar-refractivity contribution in [2.45, 2.75) is 44.9 Å². The monoisotopic (exact) mass is 263 g/mol. The third-order valence-electron chi connectivity index (χ3n) is 4.63. The fourth-order valence-corrected chi connectivity index (χ4v) is 3.77. The first-order valence-electron chi connectivity index (χ1n) is 7.05. The van der Waals surface area contributed by atoms with E-state index in [4.69, 9.17) is 0 Å². The smallest absolute Gasteiger partial charge is 0.225 e. The van der Waals surface area contributed by atoms with E-state index < -0.39 is 0 Å². The van der Waals surface area contributed by atoms with E-state index in [0.717, 1.165) is 22.8 Å². The van der Waals surface area contributed by atoms with Gasteiger partial charge in [-0.05, 0) is 61.3 Å². The third kappa shape index (κ3) is 2.94. The molecule has 3 rings (SSSR count). The van der Waals surface area contributed by atoms with Gasteiger partial charge in [0.1, 0.15) is 0 Å². The molecule has 1 amide bonds. The standard InChI is InChI=1S/C15H21NOS/c17-14(10-13-2-1-9-18-13)16-11-12-3-5-15(6-4-12)7-8-15/h1-2,9,12H,3-8,10-11H2,(H,16,17). The number of carbonyl (C=O) groups excluding carboxylic acids is 1. The van der Waals surface area contributed by atoms with Crippen molar-refractivity contribution in [3.63, 3.8) is 0 Å². The van der Waals surface area contributed by atoms with Crippen molar-refractivity contribution < 1.29 is 4.79 Å². The van der Waals surface area contributed by atoms with E-state index in [1.54, 1.807) is 11.3 Å². The average molecular weight is 263 g/mol. The van der Waals surface area contributed by atoms with Crippen molar-refractivity contribution in [2.75, 3.05) is 6.54 Å². The average Bonchev–Trinajstić information content (AvgIpc) is 2.93. The maximum atomic E-state index is 11.8. The van der Waals surface area contributed by atoms with Gasteiger partial charge >= 0.3 is 0 Å². The van der Waals surface area contributed by atoms with Crippen molar-refractivity contribution in [1.82, 2.24) is 5.32 Å². The summed E-state index contributed by atoms with van der Waals surface area (Å²) in [5.74, 6) is 0.910. The van der Waals surface area contributed by atoms with E-state index in [9.17, 15) is 4.79 Å². The number of amides is 1. The summed E-state index contributed by atoms with van der Waals surface area (Å²) in [6, 6.07) is 4.03. The zero-order valence-electron chi connectivity index (χ0n) is 10.8. The molecule has 0 aliphatic heterocycles. The summed E-state index contributed by atoms with van der Waals surface area (Å²) in [7, 11) is 0. The van der Waals surface area contributed by atoms with Crippen LogP contribution in [-0.2, 0) is 11.2 Å². The lowest BCUT2D eigenvalue weighted by atomic mass is 9.80. The van der Waals surface area contributed by atoms with Crippen LogP contribution in [0.2, 0.25) is 0 Å². The van der Waals surface area contributed by atoms with Crippen molar-refractivity contribution in [2.24, 2.45) is 11.3 Å². The van der Waals surface area contributed by atoms with Crippen LogP contribution in [0.1, 0.15) is 43.4 Å². The first-order chi connectivity index (χ1) is 8.76. The van der Waals surface area contributed by atoms with E-state index in [0.29, 0.717) is 6.42 Å². The summed E-state index contributed by atoms with van der Waals surface area (Å²) in [4.78, 5) is 12.9. The molecule has 18 heavy (non-hydrogen) atoms. The molecule has 0 atom stereocenters. The van der Waals surface area contributed by atoms with Gasteiger partial charge in [0.2, 0.25) is 5.91 Å². The van der Waals surface area contributed by atoms with Crippen LogP contribution in [0.15, 0.2) is 17.5 Å². The van der Waals surface area contributed by atoms with Crippen LogP contribution >= 0.6 is 11.3 Å². The molecule has 1 heterocycles. The zero-order chi connectivity index (χ0) is 12.4. The summed E-state index contributed by atoms with van der Waals surface area (Å²) < 4.78 is 0. The first-order valence-corrected chi connectivity index (χ1v) is 7.93. The van der Waals surface area contributed by atoms with Crippen molar-refractivity contribution >= 4 is 17.2 Å². The van der Waals surface area contributed by atoms with Crippen LogP contribution in [0.4, 0.5) is 0 Å². The number of thiophene rings is 1. The Bertz CT molecular complexity index is 398. The highest BCUT2D eigenvalue weighted by Crippen LogP contribution is 2.56. The van der Waals surface area contributed by atoms with Gasteiger partial charge in [-0.25, -0.2) is 0 Å². The molecule has 0 saturated heterocycles. The second-order valence-corrected chi connectivity index (χ2v) is 7.04. The Morgan fingerprint density at radius 3 is 2.72 bits per heavy atom. The minimum atomic E-state index is 0.184. The quantitative estimate of drug-likeness (QED) is 0.886. The molecule has 0 radical (unpaired) electrons. The Kier molecular flexibility index (Phi) is 3.42. The van der Waals surface area contributed by atoms with E-state index in [2.05, 4.69) is 5.32 Å². The molecule has 2 aliphatic rings. The van der Waals surface area contributed by atoms with Crippen LogP contribution in [0.3, 0.4) is 0 Å². The molecular formula is C15H21NOS. The lowest BCUT2D eigenvalue weighted by Gasteiger charge is -2.28. The molecule has 0 unspecified atom stereocenters. The lowest BCUT2D eigenvalue weighted by molar-refractivity contribution is -0.120. The predicted octanol–water partition coefficient (Wildman–Crippen LogP) is 3.38. The molecule has 3 heteroatoms. The first kappa shape index (κ1) is 12.2. The summed E-state index contributed by atoms with van der Waals surface area (Å²) in [5.41, 5.74) is 0.761. The number of carbonyl (C=O) groups is 1. The Morgan fingerprint density at radius 1 is 1.33 bits per heavy atom.